The Labute approximate surface area is 804 Å². The van der Waals surface area contributed by atoms with E-state index in [1.54, 1.807) is 0 Å². The quantitative estimate of drug-likeness (QED) is 0.0235. The number of aromatic nitrogens is 9. The fourth-order valence-corrected chi connectivity index (χ4v) is 27.6. The van der Waals surface area contributed by atoms with Crippen LogP contribution in [0, 0.1) is 11.8 Å². The predicted octanol–water partition coefficient (Wildman–Crippen LogP) is 18.0. The number of hydrogen-bond donors (Lipinski definition) is 10. The Bertz CT molecular complexity index is 3770. The largest absolute Gasteiger partial charge is 0.354 e. The van der Waals surface area contributed by atoms with Crippen molar-refractivity contribution in [3.63, 3.8) is 0 Å². The average Bonchev–Trinajstić information content (AvgIpc) is 0.700. The molecule has 6 bridgehead atoms. The van der Waals surface area contributed by atoms with Gasteiger partial charge in [0.05, 0.1) is 0 Å². The van der Waals surface area contributed by atoms with Crippen LogP contribution in [0.1, 0.15) is 398 Å². The lowest BCUT2D eigenvalue weighted by Crippen LogP contribution is -2.80. The standard InChI is InChI=1S/C105H197N27/c1-27-33-54-127(79-61-94(7,8)119-95(9,10)62-79)88-110-85(111-89(116-88)128(55-34-28-2)80-63-96(11,12)120-97(13,14)64-80)107-47-41-51-125(50-40-46-106)73-77-44-39-45-78(60-77)74-126(52-42-48-108-86-112-90(129(56-35-29-3)81-65-98(15,16)121-99(17,18)66-81)117-91(113-86)130(57-36-30-4)82-67-100(19,20)122-101(21,22)68-82)53-43-49-109-87-114-92-118-93(115-87)132(59-38-32-6)84-70-103(25,26)124-105(72-84)75-104(76-105)71-83(69-102(23,24)123-104)131(92)58-37-31-5/h77-84,119-124H,27-76,106H2,1-26H3,(H,107,110,111,116)(H,108,112,113,117)(H,109,114,115,118). The molecule has 11 N–H and O–H groups in total. The zero-order valence-corrected chi connectivity index (χ0v) is 89.2. The van der Waals surface area contributed by atoms with Crippen LogP contribution < -0.4 is 83.0 Å². The maximum atomic E-state index is 6.47. The summed E-state index contributed by atoms with van der Waals surface area (Å²) in [5.41, 5.74) is 6.22. The van der Waals surface area contributed by atoms with Gasteiger partial charge in [-0.3, -0.25) is 0 Å². The van der Waals surface area contributed by atoms with E-state index >= 15 is 0 Å². The highest BCUT2D eigenvalue weighted by atomic mass is 15.4. The summed E-state index contributed by atoms with van der Waals surface area (Å²) in [7, 11) is 0. The summed E-state index contributed by atoms with van der Waals surface area (Å²) in [5, 5.41) is 36.4. The minimum absolute atomic E-state index is 0.0261. The van der Waals surface area contributed by atoms with Crippen LogP contribution in [-0.4, -0.2) is 262 Å². The summed E-state index contributed by atoms with van der Waals surface area (Å²) in [4.78, 5) is 71.6. The molecule has 0 amide bonds. The molecule has 0 radical (unpaired) electrons. The van der Waals surface area contributed by atoms with Gasteiger partial charge in [-0.25, -0.2) is 0 Å². The van der Waals surface area contributed by atoms with Gasteiger partial charge in [-0.2, -0.15) is 44.9 Å². The van der Waals surface area contributed by atoms with Gasteiger partial charge in [0.15, 0.2) is 0 Å². The van der Waals surface area contributed by atoms with Gasteiger partial charge in [-0.05, 0) is 356 Å². The first-order valence-corrected chi connectivity index (χ1v) is 54.2. The van der Waals surface area contributed by atoms with Crippen molar-refractivity contribution in [3.8, 4) is 0 Å². The molecule has 4 unspecified atom stereocenters. The molecule has 0 aromatic carbocycles. The van der Waals surface area contributed by atoms with Crippen LogP contribution in [0.3, 0.4) is 0 Å². The van der Waals surface area contributed by atoms with Crippen molar-refractivity contribution in [1.82, 2.24) is 86.6 Å². The molecule has 13 rings (SSSR count). The molecule has 2 spiro atoms. The lowest BCUT2D eigenvalue weighted by molar-refractivity contribution is -0.0526. The number of piperidine rings is 6. The summed E-state index contributed by atoms with van der Waals surface area (Å²) in [6.07, 6.45) is 36.7. The molecule has 2 saturated carbocycles. The first kappa shape index (κ1) is 106. The van der Waals surface area contributed by atoms with Gasteiger partial charge in [-0.1, -0.05) is 86.5 Å². The summed E-state index contributed by atoms with van der Waals surface area (Å²) in [5.74, 6) is 8.28. The van der Waals surface area contributed by atoms with Crippen LogP contribution >= 0.6 is 0 Å². The van der Waals surface area contributed by atoms with Gasteiger partial charge in [0.1, 0.15) is 0 Å². The van der Waals surface area contributed by atoms with Gasteiger partial charge in [-0.15, -0.1) is 0 Å². The van der Waals surface area contributed by atoms with Crippen molar-refractivity contribution in [2.75, 3.05) is 150 Å². The molecule has 132 heavy (non-hydrogen) atoms. The zero-order chi connectivity index (χ0) is 95.5. The Hall–Kier alpha value is -5.13. The lowest BCUT2D eigenvalue weighted by atomic mass is 9.53. The Morgan fingerprint density at radius 2 is 0.583 bits per heavy atom. The third-order valence-corrected chi connectivity index (χ3v) is 30.9. The second kappa shape index (κ2) is 44.6. The molecule has 27 nitrogen and oxygen atoms in total. The molecule has 752 valence electrons. The zero-order valence-electron chi connectivity index (χ0n) is 89.2. The van der Waals surface area contributed by atoms with E-state index in [0.717, 1.165) is 332 Å². The van der Waals surface area contributed by atoms with Gasteiger partial charge in [0.25, 0.3) is 0 Å². The van der Waals surface area contributed by atoms with E-state index in [9.17, 15) is 0 Å². The topological polar surface area (TPSA) is 276 Å². The third-order valence-electron chi connectivity index (χ3n) is 30.9. The molecular formula is C105H197N27. The van der Waals surface area contributed by atoms with Gasteiger partial charge < -0.3 is 92.8 Å². The van der Waals surface area contributed by atoms with Crippen LogP contribution in [-0.2, 0) is 0 Å². The van der Waals surface area contributed by atoms with E-state index in [4.69, 9.17) is 50.6 Å². The minimum atomic E-state index is -0.0491. The smallest absolute Gasteiger partial charge is 0.232 e. The summed E-state index contributed by atoms with van der Waals surface area (Å²) < 4.78 is 0. The fourth-order valence-electron chi connectivity index (χ4n) is 27.6. The van der Waals surface area contributed by atoms with Crippen molar-refractivity contribution in [2.45, 2.75) is 501 Å². The molecule has 11 heterocycles. The third kappa shape index (κ3) is 29.7. The van der Waals surface area contributed by atoms with Crippen LogP contribution in [0.25, 0.3) is 0 Å². The number of anilines is 9. The molecular weight excluding hydrogens is 1640 g/mol. The summed E-state index contributed by atoms with van der Waals surface area (Å²) in [6, 6.07) is 1.72. The van der Waals surface area contributed by atoms with Crippen molar-refractivity contribution >= 4 is 53.5 Å². The van der Waals surface area contributed by atoms with Crippen molar-refractivity contribution in [3.05, 3.63) is 0 Å². The second-order valence-corrected chi connectivity index (χ2v) is 50.4. The van der Waals surface area contributed by atoms with E-state index < -0.39 is 0 Å². The SMILES string of the molecule is CCCCN(c1nc(NCCCN(CCCN)CC2CCCC(CN(CCCNc3nc(N(CCCC)C4CC(C)(C)NC(C)(C)C4)nc(N(CCCC)C4CC(C)(C)NC(C)(C)C4)n3)CCCNc3nc4nc(n3)N(CCCC)C3CC(C)(C)NC5(C3)CC3(CC(CC(C)(C)N3)N4CCCC)C5)C2)nc(N(CCCC)C2CC(C)(C)NC(C)(C)C2)n1)C1CC(C)(C)NC(C)(C)C1. The molecule has 6 saturated heterocycles. The number of hydrogen-bond acceptors (Lipinski definition) is 27. The normalized spacial score (nSPS) is 26.4. The maximum absolute atomic E-state index is 6.47. The Kier molecular flexibility index (Phi) is 35.7. The van der Waals surface area contributed by atoms with Crippen molar-refractivity contribution in [2.24, 2.45) is 17.6 Å². The number of nitrogens with zero attached hydrogens (tertiary/aromatic N) is 17. The monoisotopic (exact) mass is 1840 g/mol. The second-order valence-electron chi connectivity index (χ2n) is 50.4. The first-order valence-electron chi connectivity index (χ1n) is 54.2. The Morgan fingerprint density at radius 3 is 0.864 bits per heavy atom. The molecule has 8 aliphatic heterocycles. The van der Waals surface area contributed by atoms with E-state index in [1.165, 1.54) is 25.7 Å². The highest BCUT2D eigenvalue weighted by Crippen LogP contribution is 2.55. The Morgan fingerprint density at radius 1 is 0.311 bits per heavy atom. The van der Waals surface area contributed by atoms with Gasteiger partial charge >= 0.3 is 0 Å². The van der Waals surface area contributed by atoms with Crippen molar-refractivity contribution < 1.29 is 0 Å². The molecule has 8 fully saturated rings. The molecule has 27 heteroatoms. The molecule has 3 aromatic rings. The van der Waals surface area contributed by atoms with E-state index in [2.05, 4.69) is 267 Å². The fraction of sp³-hybridized carbons (Fsp3) is 0.914. The number of unbranched alkanes of at least 4 members (excludes halogenated alkanes) is 6. The number of nitrogens with one attached hydrogen (secondary N) is 9. The van der Waals surface area contributed by atoms with Crippen LogP contribution in [0.2, 0.25) is 0 Å². The maximum Gasteiger partial charge on any atom is 0.232 e. The highest BCUT2D eigenvalue weighted by molar-refractivity contribution is 5.51. The predicted molar refractivity (Wildman–Crippen MR) is 557 cm³/mol. The number of rotatable bonds is 48. The minimum Gasteiger partial charge on any atom is -0.354 e. The highest BCUT2D eigenvalue weighted by Gasteiger charge is 2.63. The lowest BCUT2D eigenvalue weighted by Gasteiger charge is -2.67. The van der Waals surface area contributed by atoms with Crippen LogP contribution in [0.5, 0.6) is 0 Å². The van der Waals surface area contributed by atoms with E-state index in [0.29, 0.717) is 42.4 Å². The Balaban J connectivity index is 0.813. The van der Waals surface area contributed by atoms with E-state index in [-0.39, 0.29) is 90.6 Å². The summed E-state index contributed by atoms with van der Waals surface area (Å²) >= 11 is 0. The van der Waals surface area contributed by atoms with Gasteiger partial charge in [0.2, 0.25) is 53.5 Å². The number of nitrogens with two attached hydrogens (primary N) is 1. The van der Waals surface area contributed by atoms with Crippen molar-refractivity contribution in [1.29, 1.82) is 0 Å². The van der Waals surface area contributed by atoms with E-state index in [1.807, 2.05) is 0 Å². The molecule has 3 aromatic heterocycles. The first-order chi connectivity index (χ1) is 62.2. The average molecular weight is 1840 g/mol. The van der Waals surface area contributed by atoms with Gasteiger partial charge in [0, 0.05) is 175 Å². The van der Waals surface area contributed by atoms with Crippen LogP contribution in [0.4, 0.5) is 53.5 Å². The molecule has 4 atom stereocenters. The summed E-state index contributed by atoms with van der Waals surface area (Å²) in [6.45, 7) is 76.2. The molecule has 2 aliphatic carbocycles. The van der Waals surface area contributed by atoms with Crippen LogP contribution in [0.15, 0.2) is 0 Å². The molecule has 10 aliphatic rings.